The molecule has 1 aromatic carbocycles. The molecule has 0 spiro atoms. The lowest BCUT2D eigenvalue weighted by molar-refractivity contribution is -0.144. The number of nitrogens with zero attached hydrogens (tertiary/aromatic N) is 1. The summed E-state index contributed by atoms with van der Waals surface area (Å²) in [7, 11) is 0. The molecule has 3 aliphatic carbocycles. The zero-order valence-electron chi connectivity index (χ0n) is 19.1. The number of benzene rings is 1. The Morgan fingerprint density at radius 1 is 1.24 bits per heavy atom. The Hall–Kier alpha value is -2.03. The van der Waals surface area contributed by atoms with E-state index in [9.17, 15) is 19.4 Å². The summed E-state index contributed by atoms with van der Waals surface area (Å²) in [5.41, 5.74) is 0.812. The molecule has 0 aliphatic heterocycles. The van der Waals surface area contributed by atoms with Crippen LogP contribution in [-0.4, -0.2) is 39.9 Å². The molecule has 0 bridgehead atoms. The Morgan fingerprint density at radius 3 is 2.64 bits per heavy atom. The van der Waals surface area contributed by atoms with E-state index < -0.39 is 11.5 Å². The highest BCUT2D eigenvalue weighted by Crippen LogP contribution is 2.62. The van der Waals surface area contributed by atoms with Gasteiger partial charge in [-0.25, -0.2) is 9.37 Å². The van der Waals surface area contributed by atoms with Crippen LogP contribution in [0.2, 0.25) is 0 Å². The van der Waals surface area contributed by atoms with E-state index in [1.165, 1.54) is 12.1 Å². The number of rotatable bonds is 6. The zero-order chi connectivity index (χ0) is 23.4. The van der Waals surface area contributed by atoms with E-state index in [-0.39, 0.29) is 35.6 Å². The summed E-state index contributed by atoms with van der Waals surface area (Å²) in [6.45, 7) is 4.09. The second-order valence-electron chi connectivity index (χ2n) is 10.5. The van der Waals surface area contributed by atoms with Gasteiger partial charge < -0.3 is 20.8 Å². The van der Waals surface area contributed by atoms with Gasteiger partial charge in [-0.15, -0.1) is 11.3 Å². The van der Waals surface area contributed by atoms with E-state index >= 15 is 0 Å². The van der Waals surface area contributed by atoms with Gasteiger partial charge in [0.25, 0.3) is 0 Å². The number of anilines is 2. The van der Waals surface area contributed by atoms with Crippen molar-refractivity contribution in [3.8, 4) is 0 Å². The fourth-order valence-electron chi connectivity index (χ4n) is 6.06. The number of halogens is 1. The van der Waals surface area contributed by atoms with Crippen LogP contribution in [0.15, 0.2) is 24.3 Å². The number of fused-ring (bicyclic) bond motifs is 2. The monoisotopic (exact) mass is 473 g/mol. The molecule has 3 aliphatic rings. The lowest BCUT2D eigenvalue weighted by atomic mass is 9.47. The minimum Gasteiger partial charge on any atom is -0.396 e. The Kier molecular flexibility index (Phi) is 5.74. The molecule has 2 saturated carbocycles. The number of nitrogens with one attached hydrogen (secondary N) is 2. The maximum atomic E-state index is 13.3. The van der Waals surface area contributed by atoms with Crippen molar-refractivity contribution in [3.63, 3.8) is 0 Å². The lowest BCUT2D eigenvalue weighted by Gasteiger charge is -2.58. The summed E-state index contributed by atoms with van der Waals surface area (Å²) in [6.07, 6.45) is 3.96. The molecule has 5 rings (SSSR count). The first-order valence-electron chi connectivity index (χ1n) is 11.8. The second-order valence-corrected chi connectivity index (χ2v) is 11.6. The molecule has 178 valence electrons. The van der Waals surface area contributed by atoms with Gasteiger partial charge in [0, 0.05) is 34.4 Å². The van der Waals surface area contributed by atoms with Crippen molar-refractivity contribution >= 4 is 28.1 Å². The van der Waals surface area contributed by atoms with Gasteiger partial charge in [-0.3, -0.25) is 4.79 Å². The quantitative estimate of drug-likeness (QED) is 0.507. The van der Waals surface area contributed by atoms with Crippen LogP contribution in [0.3, 0.4) is 0 Å². The first-order chi connectivity index (χ1) is 15.7. The van der Waals surface area contributed by atoms with E-state index in [0.717, 1.165) is 35.5 Å². The molecule has 0 saturated heterocycles. The van der Waals surface area contributed by atoms with Crippen LogP contribution in [0.4, 0.5) is 15.2 Å². The maximum absolute atomic E-state index is 13.3. The van der Waals surface area contributed by atoms with Crippen molar-refractivity contribution in [2.24, 2.45) is 16.7 Å². The van der Waals surface area contributed by atoms with E-state index in [2.05, 4.69) is 17.6 Å². The summed E-state index contributed by atoms with van der Waals surface area (Å²) in [5, 5.41) is 28.3. The van der Waals surface area contributed by atoms with Gasteiger partial charge >= 0.3 is 0 Å². The van der Waals surface area contributed by atoms with Gasteiger partial charge in [-0.1, -0.05) is 13.8 Å². The van der Waals surface area contributed by atoms with Crippen LogP contribution in [-0.2, 0) is 11.2 Å². The highest BCUT2D eigenvalue weighted by Gasteiger charge is 2.59. The number of amides is 1. The molecule has 5 atom stereocenters. The summed E-state index contributed by atoms with van der Waals surface area (Å²) in [5.74, 6) is -0.305. The van der Waals surface area contributed by atoms with Crippen molar-refractivity contribution in [1.82, 2.24) is 10.3 Å². The molecule has 1 amide bonds. The van der Waals surface area contributed by atoms with Crippen LogP contribution in [0, 0.1) is 22.6 Å². The Balaban J connectivity index is 1.51. The van der Waals surface area contributed by atoms with E-state index in [1.807, 2.05) is 6.92 Å². The predicted octanol–water partition coefficient (Wildman–Crippen LogP) is 4.11. The zero-order valence-corrected chi connectivity index (χ0v) is 19.9. The summed E-state index contributed by atoms with van der Waals surface area (Å²) in [6, 6.07) is 6.47. The normalized spacial score (nSPS) is 33.2. The molecule has 8 heteroatoms. The van der Waals surface area contributed by atoms with Gasteiger partial charge in [0.2, 0.25) is 5.91 Å². The van der Waals surface area contributed by atoms with Crippen molar-refractivity contribution in [2.45, 2.75) is 70.4 Å². The van der Waals surface area contributed by atoms with Crippen LogP contribution in [0.5, 0.6) is 0 Å². The Morgan fingerprint density at radius 2 is 1.97 bits per heavy atom. The molecular formula is C25H32FN3O3S. The molecule has 1 heterocycles. The number of aromatic nitrogens is 1. The maximum Gasteiger partial charge on any atom is 0.220 e. The summed E-state index contributed by atoms with van der Waals surface area (Å²) < 4.78 is 13.3. The number of thiazole rings is 1. The standard InChI is InChI=1S/C25H32FN3O3S/c1-24-10-9-20(31)25(2,13-30)19(24)12-18-22(17(24)11-21(32)27-15-7-8-15)29-23(33-18)28-16-5-3-14(26)4-6-16/h3-6,15,17,19-20,30-31H,7-13H2,1-2H3,(H,27,32)(H,28,29). The minimum absolute atomic E-state index is 0.0316. The van der Waals surface area contributed by atoms with Crippen molar-refractivity contribution in [1.29, 1.82) is 0 Å². The molecule has 1 aromatic heterocycles. The smallest absolute Gasteiger partial charge is 0.220 e. The molecule has 2 aromatic rings. The van der Waals surface area contributed by atoms with Gasteiger partial charge in [0.15, 0.2) is 5.13 Å². The van der Waals surface area contributed by atoms with Crippen molar-refractivity contribution in [3.05, 3.63) is 40.7 Å². The number of aliphatic hydroxyl groups is 2. The SMILES string of the molecule is CC1(CO)C(O)CCC2(C)C(CC(=O)NC3CC3)c3nc(Nc4ccc(F)cc4)sc3CC12. The third kappa shape index (κ3) is 4.06. The van der Waals surface area contributed by atoms with Crippen LogP contribution in [0.1, 0.15) is 62.4 Å². The second kappa shape index (κ2) is 8.32. The third-order valence-corrected chi connectivity index (χ3v) is 9.33. The fraction of sp³-hybridized carbons (Fsp3) is 0.600. The number of hydrogen-bond acceptors (Lipinski definition) is 6. The Labute approximate surface area is 197 Å². The van der Waals surface area contributed by atoms with Crippen LogP contribution >= 0.6 is 11.3 Å². The van der Waals surface area contributed by atoms with E-state index in [1.54, 1.807) is 23.5 Å². The Bertz CT molecular complexity index is 1040. The van der Waals surface area contributed by atoms with Crippen LogP contribution < -0.4 is 10.6 Å². The molecule has 6 nitrogen and oxygen atoms in total. The first kappa shape index (κ1) is 22.7. The largest absolute Gasteiger partial charge is 0.396 e. The van der Waals surface area contributed by atoms with Gasteiger partial charge in [-0.2, -0.15) is 0 Å². The molecule has 0 radical (unpaired) electrons. The van der Waals surface area contributed by atoms with Gasteiger partial charge in [0.05, 0.1) is 18.4 Å². The molecule has 33 heavy (non-hydrogen) atoms. The number of aliphatic hydroxyl groups excluding tert-OH is 2. The number of hydrogen-bond donors (Lipinski definition) is 4. The average Bonchev–Trinajstić information content (AvgIpc) is 3.51. The third-order valence-electron chi connectivity index (χ3n) is 8.32. The van der Waals surface area contributed by atoms with E-state index in [0.29, 0.717) is 30.4 Å². The van der Waals surface area contributed by atoms with E-state index in [4.69, 9.17) is 4.98 Å². The fourth-order valence-corrected chi connectivity index (χ4v) is 7.14. The van der Waals surface area contributed by atoms with Crippen molar-refractivity contribution in [2.75, 3.05) is 11.9 Å². The average molecular weight is 474 g/mol. The highest BCUT2D eigenvalue weighted by molar-refractivity contribution is 7.15. The van der Waals surface area contributed by atoms with Crippen molar-refractivity contribution < 1.29 is 19.4 Å². The van der Waals surface area contributed by atoms with Crippen LogP contribution in [0.25, 0.3) is 0 Å². The highest BCUT2D eigenvalue weighted by atomic mass is 32.1. The molecular weight excluding hydrogens is 441 g/mol. The number of carbonyl (C=O) groups excluding carboxylic acids is 1. The lowest BCUT2D eigenvalue weighted by Crippen LogP contribution is -2.57. The topological polar surface area (TPSA) is 94.5 Å². The first-order valence-corrected chi connectivity index (χ1v) is 12.6. The summed E-state index contributed by atoms with van der Waals surface area (Å²) >= 11 is 1.55. The molecule has 2 fully saturated rings. The van der Waals surface area contributed by atoms with Gasteiger partial charge in [-0.05, 0) is 67.7 Å². The number of carbonyl (C=O) groups is 1. The molecule has 5 unspecified atom stereocenters. The summed E-state index contributed by atoms with van der Waals surface area (Å²) in [4.78, 5) is 19.0. The van der Waals surface area contributed by atoms with Gasteiger partial charge in [0.1, 0.15) is 5.82 Å². The molecule has 4 N–H and O–H groups in total. The predicted molar refractivity (Wildman–Crippen MR) is 126 cm³/mol. The minimum atomic E-state index is -0.634.